The second kappa shape index (κ2) is 11.6. The SMILES string of the molecule is Cc1ccc2ccccc2c1CN1C(=O)C(NC(=O)OC(C)(C)C)CN(C(=O)c2ccc([N+](=O)[O-])cc2)c2ccccc21. The summed E-state index contributed by atoms with van der Waals surface area (Å²) in [7, 11) is 0. The normalized spacial score (nSPS) is 15.1. The van der Waals surface area contributed by atoms with Gasteiger partial charge in [-0.15, -0.1) is 0 Å². The van der Waals surface area contributed by atoms with Gasteiger partial charge in [-0.25, -0.2) is 4.79 Å². The average molecular weight is 581 g/mol. The Bertz CT molecular complexity index is 1730. The first-order chi connectivity index (χ1) is 20.4. The van der Waals surface area contributed by atoms with Gasteiger partial charge in [0.25, 0.3) is 17.5 Å². The zero-order chi connectivity index (χ0) is 30.9. The first-order valence-electron chi connectivity index (χ1n) is 13.9. The molecule has 0 saturated carbocycles. The smallest absolute Gasteiger partial charge is 0.408 e. The van der Waals surface area contributed by atoms with E-state index in [1.54, 1.807) is 49.9 Å². The second-order valence-corrected chi connectivity index (χ2v) is 11.4. The van der Waals surface area contributed by atoms with Gasteiger partial charge < -0.3 is 19.9 Å². The van der Waals surface area contributed by atoms with Crippen molar-refractivity contribution in [3.05, 3.63) is 112 Å². The van der Waals surface area contributed by atoms with Crippen LogP contribution in [0.2, 0.25) is 0 Å². The van der Waals surface area contributed by atoms with E-state index in [1.165, 1.54) is 29.2 Å². The maximum absolute atomic E-state index is 14.3. The van der Waals surface area contributed by atoms with E-state index in [2.05, 4.69) is 5.32 Å². The van der Waals surface area contributed by atoms with Crippen LogP contribution in [-0.2, 0) is 16.1 Å². The highest BCUT2D eigenvalue weighted by Gasteiger charge is 2.38. The molecule has 4 aromatic rings. The lowest BCUT2D eigenvalue weighted by Crippen LogP contribution is -2.53. The van der Waals surface area contributed by atoms with Crippen LogP contribution < -0.4 is 15.1 Å². The Labute approximate surface area is 249 Å². The molecule has 220 valence electrons. The third-order valence-electron chi connectivity index (χ3n) is 7.24. The molecule has 0 aliphatic carbocycles. The topological polar surface area (TPSA) is 122 Å². The van der Waals surface area contributed by atoms with Crippen molar-refractivity contribution in [2.24, 2.45) is 0 Å². The molecule has 0 fully saturated rings. The number of nitro groups is 1. The van der Waals surface area contributed by atoms with Gasteiger partial charge in [0.15, 0.2) is 0 Å². The number of nitrogens with one attached hydrogen (secondary N) is 1. The van der Waals surface area contributed by atoms with Gasteiger partial charge in [-0.2, -0.15) is 0 Å². The number of hydrogen-bond donors (Lipinski definition) is 1. The maximum atomic E-state index is 14.3. The number of alkyl carbamates (subject to hydrolysis) is 1. The van der Waals surface area contributed by atoms with Gasteiger partial charge in [0.1, 0.15) is 11.6 Å². The molecule has 43 heavy (non-hydrogen) atoms. The Hall–Kier alpha value is -5.25. The Kier molecular flexibility index (Phi) is 7.86. The molecule has 0 saturated heterocycles. The Morgan fingerprint density at radius 3 is 2.28 bits per heavy atom. The van der Waals surface area contributed by atoms with Crippen molar-refractivity contribution in [2.45, 2.75) is 45.9 Å². The summed E-state index contributed by atoms with van der Waals surface area (Å²) in [5.74, 6) is -0.890. The van der Waals surface area contributed by atoms with Crippen molar-refractivity contribution >= 4 is 45.7 Å². The van der Waals surface area contributed by atoms with Crippen molar-refractivity contribution in [3.8, 4) is 0 Å². The number of nitrogens with zero attached hydrogens (tertiary/aromatic N) is 3. The predicted molar refractivity (Wildman–Crippen MR) is 164 cm³/mol. The molecule has 5 rings (SSSR count). The van der Waals surface area contributed by atoms with Gasteiger partial charge in [-0.3, -0.25) is 19.7 Å². The van der Waals surface area contributed by atoms with Gasteiger partial charge in [0.05, 0.1) is 29.4 Å². The van der Waals surface area contributed by atoms with Crippen molar-refractivity contribution in [2.75, 3.05) is 16.3 Å². The van der Waals surface area contributed by atoms with Crippen LogP contribution in [0.25, 0.3) is 10.8 Å². The summed E-state index contributed by atoms with van der Waals surface area (Å²) in [6.45, 7) is 7.15. The minimum atomic E-state index is -1.15. The molecular formula is C33H32N4O6. The molecule has 1 atom stereocenters. The summed E-state index contributed by atoms with van der Waals surface area (Å²) >= 11 is 0. The van der Waals surface area contributed by atoms with Crippen LogP contribution >= 0.6 is 0 Å². The average Bonchev–Trinajstić information content (AvgIpc) is 3.08. The number of fused-ring (bicyclic) bond motifs is 2. The van der Waals surface area contributed by atoms with Crippen LogP contribution in [0.1, 0.15) is 42.3 Å². The number of carbonyl (C=O) groups excluding carboxylic acids is 3. The lowest BCUT2D eigenvalue weighted by Gasteiger charge is -2.27. The minimum Gasteiger partial charge on any atom is -0.444 e. The molecule has 10 heteroatoms. The monoisotopic (exact) mass is 580 g/mol. The van der Waals surface area contributed by atoms with E-state index in [1.807, 2.05) is 43.3 Å². The van der Waals surface area contributed by atoms with Crippen molar-refractivity contribution in [3.63, 3.8) is 0 Å². The summed E-state index contributed by atoms with van der Waals surface area (Å²) in [6.07, 6.45) is -0.791. The molecular weight excluding hydrogens is 548 g/mol. The van der Waals surface area contributed by atoms with E-state index in [0.717, 1.165) is 21.9 Å². The van der Waals surface area contributed by atoms with E-state index < -0.39 is 34.5 Å². The fourth-order valence-electron chi connectivity index (χ4n) is 5.19. The molecule has 1 aliphatic rings. The first kappa shape index (κ1) is 29.2. The number of nitro benzene ring substituents is 1. The standard InChI is InChI=1S/C33H32N4O6/c1-21-13-14-22-9-5-6-10-25(22)26(21)19-35-28-11-7-8-12-29(28)36(30(38)23-15-17-24(18-16-23)37(41)42)20-27(31(35)39)34-32(40)43-33(2,3)4/h5-18,27H,19-20H2,1-4H3,(H,34,40). The zero-order valence-corrected chi connectivity index (χ0v) is 24.4. The molecule has 1 unspecified atom stereocenters. The number of hydrogen-bond acceptors (Lipinski definition) is 6. The fraction of sp³-hybridized carbons (Fsp3) is 0.242. The number of non-ortho nitro benzene ring substituents is 1. The third-order valence-corrected chi connectivity index (χ3v) is 7.24. The molecule has 1 N–H and O–H groups in total. The number of amides is 3. The number of carbonyl (C=O) groups is 3. The van der Waals surface area contributed by atoms with E-state index in [4.69, 9.17) is 4.74 Å². The highest BCUT2D eigenvalue weighted by molar-refractivity contribution is 6.12. The van der Waals surface area contributed by atoms with Crippen LogP contribution in [0.5, 0.6) is 0 Å². The van der Waals surface area contributed by atoms with Gasteiger partial charge in [0.2, 0.25) is 0 Å². The van der Waals surface area contributed by atoms with Crippen molar-refractivity contribution in [1.82, 2.24) is 5.32 Å². The number of anilines is 2. The quantitative estimate of drug-likeness (QED) is 0.223. The summed E-state index contributed by atoms with van der Waals surface area (Å²) in [6, 6.07) is 23.1. The van der Waals surface area contributed by atoms with Gasteiger partial charge in [0, 0.05) is 17.7 Å². The van der Waals surface area contributed by atoms with Gasteiger partial charge in [-0.05, 0) is 73.9 Å². The van der Waals surface area contributed by atoms with Crippen LogP contribution in [0.4, 0.5) is 21.9 Å². The third kappa shape index (κ3) is 6.18. The maximum Gasteiger partial charge on any atom is 0.408 e. The number of rotatable bonds is 5. The lowest BCUT2D eigenvalue weighted by molar-refractivity contribution is -0.384. The molecule has 4 aromatic carbocycles. The fourth-order valence-corrected chi connectivity index (χ4v) is 5.19. The molecule has 3 amide bonds. The van der Waals surface area contributed by atoms with Crippen LogP contribution in [0.15, 0.2) is 84.9 Å². The summed E-state index contributed by atoms with van der Waals surface area (Å²) in [5.41, 5.74) is 2.12. The summed E-state index contributed by atoms with van der Waals surface area (Å²) in [5, 5.41) is 15.9. The minimum absolute atomic E-state index is 0.149. The Balaban J connectivity index is 1.61. The summed E-state index contributed by atoms with van der Waals surface area (Å²) in [4.78, 5) is 54.9. The van der Waals surface area contributed by atoms with Crippen molar-refractivity contribution < 1.29 is 24.0 Å². The van der Waals surface area contributed by atoms with E-state index in [-0.39, 0.29) is 24.3 Å². The Morgan fingerprint density at radius 1 is 0.953 bits per heavy atom. The molecule has 0 aromatic heterocycles. The molecule has 0 spiro atoms. The molecule has 1 heterocycles. The molecule has 0 bridgehead atoms. The lowest BCUT2D eigenvalue weighted by atomic mass is 9.99. The van der Waals surface area contributed by atoms with Crippen LogP contribution in [-0.4, -0.2) is 41.0 Å². The predicted octanol–water partition coefficient (Wildman–Crippen LogP) is 6.14. The number of aryl methyl sites for hydroxylation is 1. The van der Waals surface area contributed by atoms with Crippen LogP contribution in [0, 0.1) is 17.0 Å². The van der Waals surface area contributed by atoms with Crippen LogP contribution in [0.3, 0.4) is 0 Å². The molecule has 1 aliphatic heterocycles. The number of ether oxygens (including phenoxy) is 1. The van der Waals surface area contributed by atoms with E-state index in [0.29, 0.717) is 11.4 Å². The largest absolute Gasteiger partial charge is 0.444 e. The van der Waals surface area contributed by atoms with E-state index in [9.17, 15) is 24.5 Å². The molecule has 10 nitrogen and oxygen atoms in total. The first-order valence-corrected chi connectivity index (χ1v) is 13.9. The Morgan fingerprint density at radius 2 is 1.60 bits per heavy atom. The van der Waals surface area contributed by atoms with E-state index >= 15 is 0 Å². The highest BCUT2D eigenvalue weighted by atomic mass is 16.6. The second-order valence-electron chi connectivity index (χ2n) is 11.4. The van der Waals surface area contributed by atoms with Crippen molar-refractivity contribution in [1.29, 1.82) is 0 Å². The summed E-state index contributed by atoms with van der Waals surface area (Å²) < 4.78 is 5.46. The zero-order valence-electron chi connectivity index (χ0n) is 24.4. The van der Waals surface area contributed by atoms with Gasteiger partial charge >= 0.3 is 6.09 Å². The van der Waals surface area contributed by atoms with Gasteiger partial charge in [-0.1, -0.05) is 48.5 Å². The number of para-hydroxylation sites is 2. The molecule has 0 radical (unpaired) electrons. The highest BCUT2D eigenvalue weighted by Crippen LogP contribution is 2.36. The number of benzene rings is 4.